The van der Waals surface area contributed by atoms with Crippen molar-refractivity contribution in [3.63, 3.8) is 0 Å². The lowest BCUT2D eigenvalue weighted by molar-refractivity contribution is -0.136. The second-order valence-electron chi connectivity index (χ2n) is 7.49. The average molecular weight is 372 g/mol. The zero-order chi connectivity index (χ0) is 18.6. The number of tetrazole rings is 1. The van der Waals surface area contributed by atoms with E-state index in [4.69, 9.17) is 0 Å². The summed E-state index contributed by atoms with van der Waals surface area (Å²) < 4.78 is 15.3. The largest absolute Gasteiger partial charge is 0.341 e. The average Bonchev–Trinajstić information content (AvgIpc) is 3.25. The predicted octanol–water partition coefficient (Wildman–Crippen LogP) is 2.03. The summed E-state index contributed by atoms with van der Waals surface area (Å²) >= 11 is 0. The number of nitrogens with zero attached hydrogens (tertiary/aromatic N) is 6. The van der Waals surface area contributed by atoms with Crippen LogP contribution >= 0.6 is 0 Å². The Morgan fingerprint density at radius 3 is 2.70 bits per heavy atom. The minimum Gasteiger partial charge on any atom is -0.341 e. The first kappa shape index (κ1) is 18.0. The molecule has 0 aliphatic carbocycles. The molecule has 2 aromatic rings. The molecule has 1 aromatic carbocycles. The van der Waals surface area contributed by atoms with Gasteiger partial charge in [-0.25, -0.2) is 9.07 Å². The lowest BCUT2D eigenvalue weighted by Gasteiger charge is -2.29. The molecule has 1 amide bonds. The van der Waals surface area contributed by atoms with Crippen LogP contribution in [0.4, 0.5) is 4.39 Å². The molecule has 3 heterocycles. The van der Waals surface area contributed by atoms with E-state index < -0.39 is 0 Å². The third-order valence-corrected chi connectivity index (χ3v) is 5.60. The molecule has 27 heavy (non-hydrogen) atoms. The van der Waals surface area contributed by atoms with Gasteiger partial charge >= 0.3 is 0 Å². The first-order chi connectivity index (χ1) is 13.2. The summed E-state index contributed by atoms with van der Waals surface area (Å²) in [6, 6.07) is 6.43. The van der Waals surface area contributed by atoms with Crippen molar-refractivity contribution in [1.29, 1.82) is 0 Å². The lowest BCUT2D eigenvalue weighted by atomic mass is 10.1. The van der Waals surface area contributed by atoms with Crippen LogP contribution in [0.3, 0.4) is 0 Å². The molecule has 7 nitrogen and oxygen atoms in total. The van der Waals surface area contributed by atoms with E-state index in [1.807, 2.05) is 11.0 Å². The van der Waals surface area contributed by atoms with E-state index >= 15 is 0 Å². The molecule has 0 spiro atoms. The second kappa shape index (κ2) is 8.12. The Kier molecular flexibility index (Phi) is 5.42. The molecule has 0 radical (unpaired) electrons. The zero-order valence-electron chi connectivity index (χ0n) is 15.4. The number of hydrogen-bond acceptors (Lipinski definition) is 5. The maximum Gasteiger partial charge on any atom is 0.240 e. The number of likely N-dealkylation sites (tertiary alicyclic amines) is 2. The van der Waals surface area contributed by atoms with Crippen molar-refractivity contribution in [1.82, 2.24) is 30.0 Å². The third kappa shape index (κ3) is 4.16. The molecule has 1 aromatic heterocycles. The Hall–Kier alpha value is -2.35. The van der Waals surface area contributed by atoms with Gasteiger partial charge in [0.1, 0.15) is 12.1 Å². The van der Waals surface area contributed by atoms with Crippen molar-refractivity contribution in [2.24, 2.45) is 0 Å². The van der Waals surface area contributed by atoms with Crippen molar-refractivity contribution in [2.75, 3.05) is 19.6 Å². The normalized spacial score (nSPS) is 24.1. The maximum atomic E-state index is 13.6. The van der Waals surface area contributed by atoms with Crippen LogP contribution in [0.25, 0.3) is 0 Å². The topological polar surface area (TPSA) is 67.2 Å². The van der Waals surface area contributed by atoms with E-state index in [2.05, 4.69) is 20.4 Å². The van der Waals surface area contributed by atoms with Crippen LogP contribution in [0, 0.1) is 5.82 Å². The van der Waals surface area contributed by atoms with E-state index in [0.717, 1.165) is 31.5 Å². The van der Waals surface area contributed by atoms with Crippen molar-refractivity contribution >= 4 is 5.91 Å². The standard InChI is InChI=1S/C19H25FN6O/c20-16-7-5-6-15(10-16)12-25-13-17(26-14-21-22-23-26)11-18(25)19(27)24-8-3-1-2-4-9-24/h5-7,10,14,17-18H,1-4,8-9,11-13H2/t17-,18-/m0/s1. The molecular formula is C19H25FN6O. The Morgan fingerprint density at radius 2 is 2.00 bits per heavy atom. The van der Waals surface area contributed by atoms with Crippen LogP contribution in [0.1, 0.15) is 43.7 Å². The van der Waals surface area contributed by atoms with E-state index in [9.17, 15) is 9.18 Å². The summed E-state index contributed by atoms with van der Waals surface area (Å²) in [6.07, 6.45) is 6.79. The summed E-state index contributed by atoms with van der Waals surface area (Å²) in [5.41, 5.74) is 0.876. The molecule has 4 rings (SSSR count). The summed E-state index contributed by atoms with van der Waals surface area (Å²) in [5.74, 6) is -0.0667. The molecule has 8 heteroatoms. The number of carbonyl (C=O) groups excluding carboxylic acids is 1. The zero-order valence-corrected chi connectivity index (χ0v) is 15.4. The molecule has 2 aliphatic heterocycles. The van der Waals surface area contributed by atoms with Gasteiger partial charge in [-0.1, -0.05) is 25.0 Å². The monoisotopic (exact) mass is 372 g/mol. The van der Waals surface area contributed by atoms with E-state index in [0.29, 0.717) is 19.5 Å². The molecule has 144 valence electrons. The molecule has 0 bridgehead atoms. The smallest absolute Gasteiger partial charge is 0.240 e. The lowest BCUT2D eigenvalue weighted by Crippen LogP contribution is -2.45. The van der Waals surface area contributed by atoms with Crippen LogP contribution in [0.15, 0.2) is 30.6 Å². The van der Waals surface area contributed by atoms with Crippen LogP contribution in [0.5, 0.6) is 0 Å². The molecule has 2 fully saturated rings. The fourth-order valence-corrected chi connectivity index (χ4v) is 4.21. The number of rotatable bonds is 4. The van der Waals surface area contributed by atoms with Crippen LogP contribution in [-0.2, 0) is 11.3 Å². The minimum absolute atomic E-state index is 0.0505. The predicted molar refractivity (Wildman–Crippen MR) is 97.1 cm³/mol. The van der Waals surface area contributed by atoms with Gasteiger partial charge in [0.25, 0.3) is 0 Å². The molecule has 2 atom stereocenters. The molecule has 0 unspecified atom stereocenters. The summed E-state index contributed by atoms with van der Waals surface area (Å²) in [7, 11) is 0. The number of halogens is 1. The fraction of sp³-hybridized carbons (Fsp3) is 0.579. The van der Waals surface area contributed by atoms with Gasteiger partial charge in [0.2, 0.25) is 5.91 Å². The number of aromatic nitrogens is 4. The third-order valence-electron chi connectivity index (χ3n) is 5.60. The summed E-state index contributed by atoms with van der Waals surface area (Å²) in [4.78, 5) is 17.4. The fourth-order valence-electron chi connectivity index (χ4n) is 4.21. The highest BCUT2D eigenvalue weighted by Gasteiger charge is 2.40. The highest BCUT2D eigenvalue weighted by molar-refractivity contribution is 5.82. The van der Waals surface area contributed by atoms with E-state index in [-0.39, 0.29) is 23.8 Å². The Labute approximate surface area is 158 Å². The summed E-state index contributed by atoms with van der Waals surface area (Å²) in [5, 5.41) is 11.5. The van der Waals surface area contributed by atoms with Crippen molar-refractivity contribution in [3.05, 3.63) is 42.0 Å². The van der Waals surface area contributed by atoms with Crippen molar-refractivity contribution in [3.8, 4) is 0 Å². The van der Waals surface area contributed by atoms with Crippen molar-refractivity contribution < 1.29 is 9.18 Å². The van der Waals surface area contributed by atoms with Gasteiger partial charge in [-0.15, -0.1) is 5.10 Å². The van der Waals surface area contributed by atoms with Crippen LogP contribution in [0.2, 0.25) is 0 Å². The number of carbonyl (C=O) groups is 1. The van der Waals surface area contributed by atoms with Gasteiger partial charge in [0, 0.05) is 26.2 Å². The highest BCUT2D eigenvalue weighted by atomic mass is 19.1. The maximum absolute atomic E-state index is 13.6. The van der Waals surface area contributed by atoms with E-state index in [1.165, 1.54) is 25.0 Å². The SMILES string of the molecule is O=C([C@@H]1C[C@H](n2cnnn2)CN1Cc1cccc(F)c1)N1CCCCCC1. The minimum atomic E-state index is -0.251. The number of hydrogen-bond donors (Lipinski definition) is 0. The van der Waals surface area contributed by atoms with Gasteiger partial charge < -0.3 is 4.90 Å². The molecule has 2 saturated heterocycles. The molecular weight excluding hydrogens is 347 g/mol. The van der Waals surface area contributed by atoms with Crippen LogP contribution < -0.4 is 0 Å². The van der Waals surface area contributed by atoms with Gasteiger partial charge in [-0.3, -0.25) is 9.69 Å². The van der Waals surface area contributed by atoms with Gasteiger partial charge in [0.15, 0.2) is 0 Å². The van der Waals surface area contributed by atoms with Crippen LogP contribution in [-0.4, -0.2) is 61.6 Å². The first-order valence-corrected chi connectivity index (χ1v) is 9.70. The Bertz CT molecular complexity index is 759. The molecule has 0 saturated carbocycles. The number of amides is 1. The van der Waals surface area contributed by atoms with Gasteiger partial charge in [-0.05, 0) is 47.4 Å². The molecule has 0 N–H and O–H groups in total. The van der Waals surface area contributed by atoms with E-state index in [1.54, 1.807) is 17.1 Å². The molecule has 2 aliphatic rings. The van der Waals surface area contributed by atoms with Gasteiger partial charge in [-0.2, -0.15) is 0 Å². The Morgan fingerprint density at radius 1 is 1.19 bits per heavy atom. The summed E-state index contributed by atoms with van der Waals surface area (Å²) in [6.45, 7) is 2.88. The van der Waals surface area contributed by atoms with Crippen molar-refractivity contribution in [2.45, 2.75) is 50.7 Å². The highest BCUT2D eigenvalue weighted by Crippen LogP contribution is 2.30. The number of benzene rings is 1. The second-order valence-corrected chi connectivity index (χ2v) is 7.49. The first-order valence-electron chi connectivity index (χ1n) is 9.70. The Balaban J connectivity index is 1.54. The quantitative estimate of drug-likeness (QED) is 0.822. The van der Waals surface area contributed by atoms with Gasteiger partial charge in [0.05, 0.1) is 12.1 Å².